The Hall–Kier alpha value is -2.34. The fourth-order valence-electron chi connectivity index (χ4n) is 2.74. The average molecular weight is 432 g/mol. The van der Waals surface area contributed by atoms with Crippen LogP contribution in [0.5, 0.6) is 0 Å². The first-order valence-corrected chi connectivity index (χ1v) is 11.2. The first-order valence-electron chi connectivity index (χ1n) is 11.2. The summed E-state index contributed by atoms with van der Waals surface area (Å²) in [7, 11) is 3.75. The molecule has 0 spiro atoms. The lowest BCUT2D eigenvalue weighted by atomic mass is 10.1. The first-order chi connectivity index (χ1) is 14.8. The summed E-state index contributed by atoms with van der Waals surface area (Å²) >= 11 is 0. The Bertz CT molecular complexity index is 731. The van der Waals surface area contributed by atoms with E-state index in [0.717, 1.165) is 35.8 Å². The number of halogens is 1. The molecular formula is C25H42FN5. The number of fused-ring (bicyclic) bond motifs is 1. The van der Waals surface area contributed by atoms with Gasteiger partial charge in [-0.25, -0.2) is 14.4 Å². The molecule has 0 amide bonds. The minimum atomic E-state index is -0.206. The predicted molar refractivity (Wildman–Crippen MR) is 136 cm³/mol. The van der Waals surface area contributed by atoms with Gasteiger partial charge in [-0.15, -0.1) is 0 Å². The standard InChI is InChI=1S/C16H19FN4.C7H16.C2H7N/c1-4-18-11-20-16(10-19-12(2)3)21-8-7-13-9-14(17)5-6-15(13)21;1-4-5-6-7(2)3;1-3-2/h4-6,9-11H,7-8H2,1-3H3;7H,4-6H2,1-3H3;3H,1-2H3/b16-10-,18-4?,20-11-;;. The topological polar surface area (TPSA) is 52.4 Å². The van der Waals surface area contributed by atoms with Crippen molar-refractivity contribution in [1.82, 2.24) is 5.32 Å². The molecule has 0 unspecified atom stereocenters. The highest BCUT2D eigenvalue weighted by Crippen LogP contribution is 2.31. The molecule has 0 saturated carbocycles. The molecule has 1 aromatic carbocycles. The molecule has 0 saturated heterocycles. The van der Waals surface area contributed by atoms with Crippen molar-refractivity contribution in [2.45, 2.75) is 67.2 Å². The van der Waals surface area contributed by atoms with Crippen molar-refractivity contribution in [3.05, 3.63) is 41.6 Å². The maximum Gasteiger partial charge on any atom is 0.153 e. The van der Waals surface area contributed by atoms with Crippen LogP contribution in [0, 0.1) is 11.7 Å². The van der Waals surface area contributed by atoms with Crippen molar-refractivity contribution in [1.29, 1.82) is 0 Å². The number of benzene rings is 1. The van der Waals surface area contributed by atoms with Crippen LogP contribution >= 0.6 is 0 Å². The van der Waals surface area contributed by atoms with Crippen LogP contribution in [-0.4, -0.2) is 38.9 Å². The van der Waals surface area contributed by atoms with E-state index in [-0.39, 0.29) is 5.82 Å². The molecule has 0 aromatic heterocycles. The van der Waals surface area contributed by atoms with Crippen molar-refractivity contribution in [2.75, 3.05) is 25.5 Å². The largest absolute Gasteiger partial charge is 0.324 e. The van der Waals surface area contributed by atoms with Crippen LogP contribution in [0.25, 0.3) is 0 Å². The lowest BCUT2D eigenvalue weighted by molar-refractivity contribution is 0.550. The number of nitrogens with one attached hydrogen (secondary N) is 1. The van der Waals surface area contributed by atoms with Gasteiger partial charge in [0.25, 0.3) is 0 Å². The summed E-state index contributed by atoms with van der Waals surface area (Å²) in [6.45, 7) is 13.2. The number of unbranched alkanes of at least 4 members (excludes halogenated alkanes) is 1. The molecule has 5 nitrogen and oxygen atoms in total. The van der Waals surface area contributed by atoms with Crippen molar-refractivity contribution in [3.63, 3.8) is 0 Å². The van der Waals surface area contributed by atoms with Gasteiger partial charge in [-0.05, 0) is 71.0 Å². The van der Waals surface area contributed by atoms with E-state index in [1.165, 1.54) is 31.7 Å². The Balaban J connectivity index is 0.000000756. The zero-order chi connectivity index (χ0) is 23.6. The lowest BCUT2D eigenvalue weighted by Gasteiger charge is -2.18. The molecule has 1 heterocycles. The van der Waals surface area contributed by atoms with Gasteiger partial charge in [0.05, 0.1) is 6.20 Å². The zero-order valence-corrected chi connectivity index (χ0v) is 20.7. The summed E-state index contributed by atoms with van der Waals surface area (Å²) in [5.74, 6) is 1.40. The zero-order valence-electron chi connectivity index (χ0n) is 20.7. The molecule has 0 atom stereocenters. The molecule has 1 aliphatic rings. The van der Waals surface area contributed by atoms with E-state index >= 15 is 0 Å². The van der Waals surface area contributed by atoms with Gasteiger partial charge in [0.15, 0.2) is 5.82 Å². The van der Waals surface area contributed by atoms with Crippen LogP contribution in [-0.2, 0) is 6.42 Å². The lowest BCUT2D eigenvalue weighted by Crippen LogP contribution is -2.18. The molecule has 31 heavy (non-hydrogen) atoms. The van der Waals surface area contributed by atoms with Crippen LogP contribution < -0.4 is 10.2 Å². The number of aliphatic imine (C=N–C) groups is 3. The normalized spacial score (nSPS) is 13.1. The van der Waals surface area contributed by atoms with Crippen LogP contribution in [0.1, 0.15) is 66.4 Å². The quantitative estimate of drug-likeness (QED) is 0.409. The van der Waals surface area contributed by atoms with E-state index in [4.69, 9.17) is 0 Å². The summed E-state index contributed by atoms with van der Waals surface area (Å²) in [5, 5.41) is 2.75. The van der Waals surface area contributed by atoms with Crippen molar-refractivity contribution in [3.8, 4) is 0 Å². The Kier molecular flexibility index (Phi) is 16.0. The van der Waals surface area contributed by atoms with E-state index in [1.54, 1.807) is 24.5 Å². The number of anilines is 1. The van der Waals surface area contributed by atoms with Crippen LogP contribution in [0.3, 0.4) is 0 Å². The third-order valence-electron chi connectivity index (χ3n) is 4.19. The summed E-state index contributed by atoms with van der Waals surface area (Å²) in [6, 6.07) is 4.83. The second kappa shape index (κ2) is 17.4. The molecule has 2 rings (SSSR count). The number of hydrogen-bond acceptors (Lipinski definition) is 4. The van der Waals surface area contributed by atoms with E-state index in [0.29, 0.717) is 5.82 Å². The highest BCUT2D eigenvalue weighted by Gasteiger charge is 2.22. The van der Waals surface area contributed by atoms with Crippen LogP contribution in [0.4, 0.5) is 10.1 Å². The molecule has 0 aliphatic carbocycles. The minimum Gasteiger partial charge on any atom is -0.324 e. The van der Waals surface area contributed by atoms with E-state index in [1.807, 2.05) is 39.8 Å². The van der Waals surface area contributed by atoms with Gasteiger partial charge in [-0.3, -0.25) is 4.99 Å². The Morgan fingerprint density at radius 2 is 1.94 bits per heavy atom. The molecule has 1 N–H and O–H groups in total. The second-order valence-corrected chi connectivity index (χ2v) is 7.93. The molecular weight excluding hydrogens is 389 g/mol. The number of rotatable bonds is 7. The van der Waals surface area contributed by atoms with E-state index < -0.39 is 0 Å². The Morgan fingerprint density at radius 1 is 1.26 bits per heavy atom. The maximum atomic E-state index is 13.3. The molecule has 0 bridgehead atoms. The van der Waals surface area contributed by atoms with Gasteiger partial charge in [0.1, 0.15) is 12.2 Å². The predicted octanol–water partition coefficient (Wildman–Crippen LogP) is 6.26. The molecule has 0 fully saturated rings. The summed E-state index contributed by atoms with van der Waals surface area (Å²) in [5.41, 5.74) is 2.91. The van der Waals surface area contributed by atoms with E-state index in [9.17, 15) is 4.39 Å². The van der Waals surface area contributed by atoms with Gasteiger partial charge < -0.3 is 10.2 Å². The Labute approximate surface area is 189 Å². The van der Waals surface area contributed by atoms with Gasteiger partial charge in [-0.2, -0.15) is 0 Å². The molecule has 6 heteroatoms. The van der Waals surface area contributed by atoms with Crippen molar-refractivity contribution < 1.29 is 4.39 Å². The van der Waals surface area contributed by atoms with E-state index in [2.05, 4.69) is 41.1 Å². The fourth-order valence-corrected chi connectivity index (χ4v) is 2.74. The number of hydrogen-bond donors (Lipinski definition) is 1. The number of nitrogens with zero attached hydrogens (tertiary/aromatic N) is 4. The van der Waals surface area contributed by atoms with Gasteiger partial charge in [0.2, 0.25) is 0 Å². The highest BCUT2D eigenvalue weighted by atomic mass is 19.1. The third-order valence-corrected chi connectivity index (χ3v) is 4.19. The first kappa shape index (κ1) is 28.7. The van der Waals surface area contributed by atoms with Crippen molar-refractivity contribution >= 4 is 24.0 Å². The molecule has 0 radical (unpaired) electrons. The SMILES string of the molecule is CC=N/C=N\C(=C\N=C(C)C)N1CCc2cc(F)ccc21.CCCCC(C)C.CNC. The summed E-state index contributed by atoms with van der Waals surface area (Å²) in [4.78, 5) is 14.7. The van der Waals surface area contributed by atoms with Gasteiger partial charge in [0, 0.05) is 24.2 Å². The Morgan fingerprint density at radius 3 is 2.45 bits per heavy atom. The summed E-state index contributed by atoms with van der Waals surface area (Å²) < 4.78 is 13.3. The van der Waals surface area contributed by atoms with Crippen molar-refractivity contribution in [2.24, 2.45) is 20.9 Å². The highest BCUT2D eigenvalue weighted by molar-refractivity contribution is 5.80. The maximum absolute atomic E-state index is 13.3. The van der Waals surface area contributed by atoms with Gasteiger partial charge in [-0.1, -0.05) is 40.0 Å². The fraction of sp³-hybridized carbons (Fsp3) is 0.560. The second-order valence-electron chi connectivity index (χ2n) is 7.93. The molecule has 174 valence electrons. The monoisotopic (exact) mass is 431 g/mol. The smallest absolute Gasteiger partial charge is 0.153 e. The van der Waals surface area contributed by atoms with Crippen LogP contribution in [0.15, 0.2) is 45.2 Å². The molecule has 1 aromatic rings. The van der Waals surface area contributed by atoms with Gasteiger partial charge >= 0.3 is 0 Å². The minimum absolute atomic E-state index is 0.206. The summed E-state index contributed by atoms with van der Waals surface area (Å²) in [6.07, 6.45) is 9.82. The van der Waals surface area contributed by atoms with Crippen LogP contribution in [0.2, 0.25) is 0 Å². The third kappa shape index (κ3) is 12.8. The average Bonchev–Trinajstić information content (AvgIpc) is 3.12. The molecule has 1 aliphatic heterocycles.